The van der Waals surface area contributed by atoms with Crippen LogP contribution in [0.4, 0.5) is 17.1 Å². The van der Waals surface area contributed by atoms with Crippen LogP contribution in [0.15, 0.2) is 82.2 Å². The third-order valence-electron chi connectivity index (χ3n) is 5.61. The zero-order valence-electron chi connectivity index (χ0n) is 18.4. The topological polar surface area (TPSA) is 69.7 Å². The van der Waals surface area contributed by atoms with Crippen LogP contribution in [-0.4, -0.2) is 34.0 Å². The Morgan fingerprint density at radius 3 is 2.30 bits per heavy atom. The molecular weight excluding hydrogens is 502 g/mol. The third-order valence-corrected chi connectivity index (χ3v) is 7.90. The number of anilines is 3. The molecule has 0 saturated carbocycles. The minimum Gasteiger partial charge on any atom is -0.372 e. The molecule has 1 fully saturated rings. The van der Waals surface area contributed by atoms with Crippen molar-refractivity contribution in [1.82, 2.24) is 0 Å². The third kappa shape index (κ3) is 5.57. The van der Waals surface area contributed by atoms with Crippen molar-refractivity contribution in [3.63, 3.8) is 0 Å². The zero-order chi connectivity index (χ0) is 23.4. The summed E-state index contributed by atoms with van der Waals surface area (Å²) in [6.45, 7) is 3.64. The lowest BCUT2D eigenvalue weighted by Crippen LogP contribution is -2.38. The first-order valence-corrected chi connectivity index (χ1v) is 13.1. The molecule has 0 aromatic heterocycles. The molecule has 33 heavy (non-hydrogen) atoms. The Balaban J connectivity index is 1.56. The maximum absolute atomic E-state index is 13.5. The van der Waals surface area contributed by atoms with Crippen LogP contribution >= 0.6 is 15.9 Å². The first kappa shape index (κ1) is 23.3. The van der Waals surface area contributed by atoms with E-state index in [0.29, 0.717) is 11.4 Å². The van der Waals surface area contributed by atoms with Crippen molar-refractivity contribution in [1.29, 1.82) is 0 Å². The highest BCUT2D eigenvalue weighted by atomic mass is 79.9. The maximum Gasteiger partial charge on any atom is 0.264 e. The van der Waals surface area contributed by atoms with Gasteiger partial charge in [-0.3, -0.25) is 9.10 Å². The second-order valence-electron chi connectivity index (χ2n) is 8.09. The number of hydrogen-bond acceptors (Lipinski definition) is 4. The van der Waals surface area contributed by atoms with Gasteiger partial charge in [-0.05, 0) is 74.4 Å². The van der Waals surface area contributed by atoms with Crippen LogP contribution in [0.3, 0.4) is 0 Å². The van der Waals surface area contributed by atoms with Crippen LogP contribution in [0, 0.1) is 6.92 Å². The van der Waals surface area contributed by atoms with Gasteiger partial charge in [0.05, 0.1) is 10.6 Å². The Bertz CT molecular complexity index is 1220. The number of hydrogen-bond donors (Lipinski definition) is 1. The van der Waals surface area contributed by atoms with E-state index in [4.69, 9.17) is 0 Å². The smallest absolute Gasteiger partial charge is 0.264 e. The van der Waals surface area contributed by atoms with E-state index in [1.165, 1.54) is 12.8 Å². The van der Waals surface area contributed by atoms with Gasteiger partial charge in [0.2, 0.25) is 5.91 Å². The predicted molar refractivity (Wildman–Crippen MR) is 136 cm³/mol. The molecule has 172 valence electrons. The molecule has 1 N–H and O–H groups in total. The fourth-order valence-electron chi connectivity index (χ4n) is 3.85. The van der Waals surface area contributed by atoms with Gasteiger partial charge in [0, 0.05) is 28.9 Å². The predicted octanol–water partition coefficient (Wildman–Crippen LogP) is 5.19. The van der Waals surface area contributed by atoms with Crippen molar-refractivity contribution in [3.05, 3.63) is 82.8 Å². The van der Waals surface area contributed by atoms with Gasteiger partial charge < -0.3 is 10.2 Å². The van der Waals surface area contributed by atoms with Gasteiger partial charge >= 0.3 is 0 Å². The standard InChI is InChI=1S/C25H26BrN3O3S/c1-19-7-13-24(14-8-19)33(31,32)29(23-6-4-5-20(26)17-23)18-25(30)27-21-9-11-22(12-10-21)28-15-2-3-16-28/h4-14,17H,2-3,15-16,18H2,1H3,(H,27,30). The summed E-state index contributed by atoms with van der Waals surface area (Å²) in [5, 5.41) is 2.83. The molecule has 1 aliphatic heterocycles. The number of carbonyl (C=O) groups is 1. The Kier molecular flexibility index (Phi) is 7.05. The van der Waals surface area contributed by atoms with Gasteiger partial charge in [0.25, 0.3) is 10.0 Å². The molecule has 1 saturated heterocycles. The summed E-state index contributed by atoms with van der Waals surface area (Å²) in [5.74, 6) is -0.417. The van der Waals surface area contributed by atoms with Crippen molar-refractivity contribution in [3.8, 4) is 0 Å². The van der Waals surface area contributed by atoms with Crippen LogP contribution in [0.2, 0.25) is 0 Å². The zero-order valence-corrected chi connectivity index (χ0v) is 20.8. The van der Waals surface area contributed by atoms with Crippen molar-refractivity contribution >= 4 is 48.9 Å². The molecule has 1 aliphatic rings. The number of amides is 1. The lowest BCUT2D eigenvalue weighted by molar-refractivity contribution is -0.114. The van der Waals surface area contributed by atoms with Crippen molar-refractivity contribution in [2.75, 3.05) is 34.2 Å². The number of nitrogens with one attached hydrogen (secondary N) is 1. The van der Waals surface area contributed by atoms with E-state index in [-0.39, 0.29) is 11.4 Å². The second-order valence-corrected chi connectivity index (χ2v) is 10.9. The molecule has 0 aliphatic carbocycles. The molecule has 3 aromatic carbocycles. The SMILES string of the molecule is Cc1ccc(S(=O)(=O)N(CC(=O)Nc2ccc(N3CCCC3)cc2)c2cccc(Br)c2)cc1. The summed E-state index contributed by atoms with van der Waals surface area (Å²) in [7, 11) is -3.95. The number of aryl methyl sites for hydroxylation is 1. The van der Waals surface area contributed by atoms with E-state index < -0.39 is 15.9 Å². The summed E-state index contributed by atoms with van der Waals surface area (Å²) in [4.78, 5) is 15.4. The van der Waals surface area contributed by atoms with E-state index >= 15 is 0 Å². The first-order valence-electron chi connectivity index (χ1n) is 10.8. The number of benzene rings is 3. The van der Waals surface area contributed by atoms with Crippen LogP contribution in [0.5, 0.6) is 0 Å². The molecule has 0 atom stereocenters. The quantitative estimate of drug-likeness (QED) is 0.458. The van der Waals surface area contributed by atoms with Crippen molar-refractivity contribution in [2.45, 2.75) is 24.7 Å². The number of carbonyl (C=O) groups excluding carboxylic acids is 1. The summed E-state index contributed by atoms with van der Waals surface area (Å²) in [6, 6.07) is 21.2. The average Bonchev–Trinajstić information content (AvgIpc) is 3.33. The Hall–Kier alpha value is -2.84. The van der Waals surface area contributed by atoms with Gasteiger partial charge in [-0.15, -0.1) is 0 Å². The molecule has 0 unspecified atom stereocenters. The van der Waals surface area contributed by atoms with Crippen LogP contribution in [-0.2, 0) is 14.8 Å². The Morgan fingerprint density at radius 2 is 1.67 bits per heavy atom. The van der Waals surface area contributed by atoms with E-state index in [1.807, 2.05) is 37.3 Å². The van der Waals surface area contributed by atoms with Gasteiger partial charge in [0.15, 0.2) is 0 Å². The van der Waals surface area contributed by atoms with Gasteiger partial charge in [0.1, 0.15) is 6.54 Å². The monoisotopic (exact) mass is 527 g/mol. The molecule has 1 amide bonds. The fraction of sp³-hybridized carbons (Fsp3) is 0.240. The van der Waals surface area contributed by atoms with Gasteiger partial charge in [-0.2, -0.15) is 0 Å². The van der Waals surface area contributed by atoms with Crippen LogP contribution in [0.25, 0.3) is 0 Å². The second kappa shape index (κ2) is 9.97. The molecule has 3 aromatic rings. The van der Waals surface area contributed by atoms with Crippen LogP contribution < -0.4 is 14.5 Å². The molecule has 4 rings (SSSR count). The fourth-order valence-corrected chi connectivity index (χ4v) is 5.65. The summed E-state index contributed by atoms with van der Waals surface area (Å²) < 4.78 is 28.8. The number of nitrogens with zero attached hydrogens (tertiary/aromatic N) is 2. The minimum absolute atomic E-state index is 0.135. The highest BCUT2D eigenvalue weighted by Gasteiger charge is 2.27. The van der Waals surface area contributed by atoms with Crippen LogP contribution in [0.1, 0.15) is 18.4 Å². The molecule has 1 heterocycles. The minimum atomic E-state index is -3.95. The summed E-state index contributed by atoms with van der Waals surface area (Å²) in [5.41, 5.74) is 3.12. The number of sulfonamides is 1. The van der Waals surface area contributed by atoms with Crippen molar-refractivity contribution < 1.29 is 13.2 Å². The van der Waals surface area contributed by atoms with E-state index in [1.54, 1.807) is 42.5 Å². The molecule has 0 bridgehead atoms. The van der Waals surface area contributed by atoms with E-state index in [2.05, 4.69) is 26.1 Å². The number of halogens is 1. The summed E-state index contributed by atoms with van der Waals surface area (Å²) >= 11 is 3.39. The molecule has 6 nitrogen and oxygen atoms in total. The normalized spacial score (nSPS) is 13.7. The lowest BCUT2D eigenvalue weighted by Gasteiger charge is -2.24. The van der Waals surface area contributed by atoms with E-state index in [9.17, 15) is 13.2 Å². The highest BCUT2D eigenvalue weighted by Crippen LogP contribution is 2.27. The molecular formula is C25H26BrN3O3S. The van der Waals surface area contributed by atoms with Gasteiger partial charge in [-0.25, -0.2) is 8.42 Å². The molecule has 0 spiro atoms. The molecule has 8 heteroatoms. The van der Waals surface area contributed by atoms with Crippen molar-refractivity contribution in [2.24, 2.45) is 0 Å². The maximum atomic E-state index is 13.5. The van der Waals surface area contributed by atoms with E-state index in [0.717, 1.165) is 33.1 Å². The molecule has 0 radical (unpaired) electrons. The Morgan fingerprint density at radius 1 is 1.00 bits per heavy atom. The average molecular weight is 528 g/mol. The summed E-state index contributed by atoms with van der Waals surface area (Å²) in [6.07, 6.45) is 2.39. The number of rotatable bonds is 7. The lowest BCUT2D eigenvalue weighted by atomic mass is 10.2. The first-order chi connectivity index (χ1) is 15.8. The largest absolute Gasteiger partial charge is 0.372 e. The Labute approximate surface area is 203 Å². The highest BCUT2D eigenvalue weighted by molar-refractivity contribution is 9.10. The van der Waals surface area contributed by atoms with Gasteiger partial charge in [-0.1, -0.05) is 39.7 Å².